The van der Waals surface area contributed by atoms with Crippen molar-refractivity contribution in [3.8, 4) is 0 Å². The predicted molar refractivity (Wildman–Crippen MR) is 102 cm³/mol. The molecule has 2 heterocycles. The molecule has 1 amide bonds. The van der Waals surface area contributed by atoms with E-state index in [1.807, 2.05) is 30.3 Å². The number of carbonyl (C=O) groups excluding carboxylic acids is 1. The Bertz CT molecular complexity index is 1100. The molecule has 0 saturated heterocycles. The van der Waals surface area contributed by atoms with Crippen LogP contribution >= 0.6 is 0 Å². The second-order valence-electron chi connectivity index (χ2n) is 6.43. The van der Waals surface area contributed by atoms with Gasteiger partial charge < -0.3 is 25.3 Å². The summed E-state index contributed by atoms with van der Waals surface area (Å²) in [7, 11) is 1.42. The molecule has 0 aliphatic heterocycles. The number of aromatic nitrogens is 4. The van der Waals surface area contributed by atoms with E-state index in [-0.39, 0.29) is 36.6 Å². The summed E-state index contributed by atoms with van der Waals surface area (Å²) in [5, 5.41) is 22.9. The topological polar surface area (TPSA) is 162 Å². The van der Waals surface area contributed by atoms with Crippen LogP contribution in [-0.2, 0) is 18.4 Å². The number of hydrogen-bond acceptors (Lipinski definition) is 7. The van der Waals surface area contributed by atoms with Crippen LogP contribution in [0.4, 0.5) is 4.79 Å². The Morgan fingerprint density at radius 3 is 2.69 bits per heavy atom. The van der Waals surface area contributed by atoms with Crippen molar-refractivity contribution in [3.05, 3.63) is 62.6 Å². The van der Waals surface area contributed by atoms with E-state index in [2.05, 4.69) is 20.3 Å². The molecule has 2 unspecified atom stereocenters. The van der Waals surface area contributed by atoms with Crippen LogP contribution in [0.5, 0.6) is 0 Å². The van der Waals surface area contributed by atoms with Gasteiger partial charge >= 0.3 is 11.8 Å². The highest BCUT2D eigenvalue weighted by atomic mass is 16.5. The molecule has 0 saturated carbocycles. The molecule has 0 fully saturated rings. The molecule has 0 spiro atoms. The number of rotatable bonds is 7. The maximum absolute atomic E-state index is 11.8. The molecule has 2 aromatic heterocycles. The number of aryl methyl sites for hydroxylation is 1. The van der Waals surface area contributed by atoms with E-state index in [1.165, 1.54) is 7.05 Å². The Morgan fingerprint density at radius 2 is 1.97 bits per heavy atom. The number of fused-ring (bicyclic) bond motifs is 1. The largest absolute Gasteiger partial charge is 0.445 e. The summed E-state index contributed by atoms with van der Waals surface area (Å²) < 4.78 is 6.16. The second kappa shape index (κ2) is 8.71. The van der Waals surface area contributed by atoms with Gasteiger partial charge in [0.25, 0.3) is 5.56 Å². The number of aliphatic hydroxyl groups excluding tert-OH is 2. The number of benzene rings is 1. The molecule has 0 aliphatic rings. The highest BCUT2D eigenvalue weighted by Gasteiger charge is 2.23. The first kappa shape index (κ1) is 20.3. The number of aromatic amines is 2. The van der Waals surface area contributed by atoms with Crippen molar-refractivity contribution in [2.75, 3.05) is 6.54 Å². The van der Waals surface area contributed by atoms with Crippen LogP contribution in [0, 0.1) is 0 Å². The van der Waals surface area contributed by atoms with Gasteiger partial charge in [0, 0.05) is 13.6 Å². The standard InChI is InChI=1S/C18H21N5O6/c1-23-15-12(16(26)22-17(23)27)20-14(21-15)13(25)11(24)7-8-19-18(28)29-9-10-5-3-2-4-6-10/h2-6,11,13,24-25H,7-9H2,1H3,(H,19,28)(H,20,21)(H,22,26,27). The first-order chi connectivity index (χ1) is 13.9. The number of nitrogens with zero attached hydrogens (tertiary/aromatic N) is 2. The van der Waals surface area contributed by atoms with E-state index in [0.29, 0.717) is 0 Å². The minimum Gasteiger partial charge on any atom is -0.445 e. The van der Waals surface area contributed by atoms with Crippen molar-refractivity contribution in [1.82, 2.24) is 24.8 Å². The zero-order chi connectivity index (χ0) is 21.0. The number of amides is 1. The summed E-state index contributed by atoms with van der Waals surface area (Å²) in [5.41, 5.74) is -0.411. The van der Waals surface area contributed by atoms with Crippen LogP contribution < -0.4 is 16.6 Å². The lowest BCUT2D eigenvalue weighted by Crippen LogP contribution is -2.30. The molecule has 29 heavy (non-hydrogen) atoms. The maximum Gasteiger partial charge on any atom is 0.407 e. The minimum atomic E-state index is -1.45. The summed E-state index contributed by atoms with van der Waals surface area (Å²) in [5.74, 6) is -0.0640. The van der Waals surface area contributed by atoms with Crippen molar-refractivity contribution >= 4 is 17.3 Å². The molecule has 3 rings (SSSR count). The Balaban J connectivity index is 1.53. The lowest BCUT2D eigenvalue weighted by atomic mass is 10.1. The van der Waals surface area contributed by atoms with Gasteiger partial charge in [0.2, 0.25) is 0 Å². The molecule has 11 heteroatoms. The van der Waals surface area contributed by atoms with Crippen molar-refractivity contribution in [2.24, 2.45) is 7.05 Å². The third-order valence-electron chi connectivity index (χ3n) is 4.34. The van der Waals surface area contributed by atoms with Crippen molar-refractivity contribution in [3.63, 3.8) is 0 Å². The van der Waals surface area contributed by atoms with Crippen LogP contribution in [0.3, 0.4) is 0 Å². The Labute approximate surface area is 164 Å². The normalized spacial score (nSPS) is 13.2. The average Bonchev–Trinajstić information content (AvgIpc) is 3.17. The van der Waals surface area contributed by atoms with Crippen LogP contribution in [-0.4, -0.2) is 48.5 Å². The molecule has 0 aliphatic carbocycles. The van der Waals surface area contributed by atoms with Gasteiger partial charge in [0.15, 0.2) is 5.65 Å². The molecule has 2 atom stereocenters. The smallest absolute Gasteiger partial charge is 0.407 e. The second-order valence-corrected chi connectivity index (χ2v) is 6.43. The van der Waals surface area contributed by atoms with Gasteiger partial charge in [-0.15, -0.1) is 0 Å². The lowest BCUT2D eigenvalue weighted by molar-refractivity contribution is 0.00908. The Kier molecular flexibility index (Phi) is 6.10. The van der Waals surface area contributed by atoms with Gasteiger partial charge in [-0.25, -0.2) is 14.6 Å². The van der Waals surface area contributed by atoms with Gasteiger partial charge in [0.05, 0.1) is 6.10 Å². The van der Waals surface area contributed by atoms with Crippen LogP contribution in [0.15, 0.2) is 39.9 Å². The predicted octanol–water partition coefficient (Wildman–Crippen LogP) is -0.339. The number of imidazole rings is 1. The van der Waals surface area contributed by atoms with Crippen LogP contribution in [0.1, 0.15) is 23.9 Å². The summed E-state index contributed by atoms with van der Waals surface area (Å²) >= 11 is 0. The summed E-state index contributed by atoms with van der Waals surface area (Å²) in [4.78, 5) is 43.9. The lowest BCUT2D eigenvalue weighted by Gasteiger charge is -2.16. The third kappa shape index (κ3) is 4.70. The number of nitrogens with one attached hydrogen (secondary N) is 3. The van der Waals surface area contributed by atoms with Gasteiger partial charge in [0.1, 0.15) is 24.1 Å². The SMILES string of the molecule is Cn1c(=O)[nH]c(=O)c2[nH]c(C(O)C(O)CCNC(=O)OCc3ccccc3)nc21. The summed E-state index contributed by atoms with van der Waals surface area (Å²) in [6.07, 6.45) is -3.37. The molecule has 154 valence electrons. The van der Waals surface area contributed by atoms with E-state index in [4.69, 9.17) is 4.74 Å². The van der Waals surface area contributed by atoms with Crippen molar-refractivity contribution < 1.29 is 19.7 Å². The van der Waals surface area contributed by atoms with Crippen molar-refractivity contribution in [2.45, 2.75) is 25.2 Å². The van der Waals surface area contributed by atoms with E-state index in [0.717, 1.165) is 10.1 Å². The van der Waals surface area contributed by atoms with Gasteiger partial charge in [-0.1, -0.05) is 30.3 Å². The van der Waals surface area contributed by atoms with E-state index >= 15 is 0 Å². The zero-order valence-electron chi connectivity index (χ0n) is 15.6. The fraction of sp³-hybridized carbons (Fsp3) is 0.333. The molecule has 0 bridgehead atoms. The van der Waals surface area contributed by atoms with Gasteiger partial charge in [-0.05, 0) is 12.0 Å². The number of hydrogen-bond donors (Lipinski definition) is 5. The molecular weight excluding hydrogens is 382 g/mol. The summed E-state index contributed by atoms with van der Waals surface area (Å²) in [6, 6.07) is 9.16. The van der Waals surface area contributed by atoms with Gasteiger partial charge in [-0.3, -0.25) is 14.3 Å². The fourth-order valence-electron chi connectivity index (χ4n) is 2.70. The number of alkyl carbamates (subject to hydrolysis) is 1. The zero-order valence-corrected chi connectivity index (χ0v) is 15.6. The third-order valence-corrected chi connectivity index (χ3v) is 4.34. The average molecular weight is 403 g/mol. The quantitative estimate of drug-likeness (QED) is 0.360. The maximum atomic E-state index is 11.8. The number of aliphatic hydroxyl groups is 2. The molecule has 1 aromatic carbocycles. The van der Waals surface area contributed by atoms with E-state index in [1.54, 1.807) is 0 Å². The fourth-order valence-corrected chi connectivity index (χ4v) is 2.70. The molecule has 11 nitrogen and oxygen atoms in total. The van der Waals surface area contributed by atoms with Crippen LogP contribution in [0.25, 0.3) is 11.2 Å². The number of H-pyrrole nitrogens is 2. The van der Waals surface area contributed by atoms with E-state index < -0.39 is 29.6 Å². The number of carbonyl (C=O) groups is 1. The Morgan fingerprint density at radius 1 is 1.24 bits per heavy atom. The van der Waals surface area contributed by atoms with Crippen molar-refractivity contribution in [1.29, 1.82) is 0 Å². The van der Waals surface area contributed by atoms with Gasteiger partial charge in [-0.2, -0.15) is 0 Å². The first-order valence-electron chi connectivity index (χ1n) is 8.86. The summed E-state index contributed by atoms with van der Waals surface area (Å²) in [6.45, 7) is 0.162. The van der Waals surface area contributed by atoms with E-state index in [9.17, 15) is 24.6 Å². The molecule has 0 radical (unpaired) electrons. The monoisotopic (exact) mass is 403 g/mol. The molecular formula is C18H21N5O6. The highest BCUT2D eigenvalue weighted by molar-refractivity contribution is 5.69. The Hall–Kier alpha value is -3.44. The highest BCUT2D eigenvalue weighted by Crippen LogP contribution is 2.17. The number of ether oxygens (including phenoxy) is 1. The van der Waals surface area contributed by atoms with Crippen LogP contribution in [0.2, 0.25) is 0 Å². The molecule has 5 N–H and O–H groups in total. The minimum absolute atomic E-state index is 0.00787. The first-order valence-corrected chi connectivity index (χ1v) is 8.86. The molecule has 3 aromatic rings.